The Morgan fingerprint density at radius 2 is 1.68 bits per heavy atom. The number of guanidine groups is 1. The average molecular weight is 350 g/mol. The van der Waals surface area contributed by atoms with Crippen LogP contribution in [0.3, 0.4) is 0 Å². The highest BCUT2D eigenvalue weighted by Crippen LogP contribution is 2.21. The molecule has 1 aromatic carbocycles. The minimum absolute atomic E-state index is 0.0329. The fraction of sp³-hybridized carbons (Fsp3) is 0.650. The Labute approximate surface area is 153 Å². The minimum Gasteiger partial charge on any atom is -0.379 e. The number of aliphatic imine (C=N–C) groups is 1. The topological polar surface area (TPSA) is 54.9 Å². The summed E-state index contributed by atoms with van der Waals surface area (Å²) in [6, 6.07) is 10.5. The van der Waals surface area contributed by atoms with E-state index in [1.165, 1.54) is 5.56 Å². The van der Waals surface area contributed by atoms with Crippen molar-refractivity contribution >= 4 is 5.96 Å². The van der Waals surface area contributed by atoms with Crippen molar-refractivity contribution in [2.24, 2.45) is 4.99 Å². The smallest absolute Gasteiger partial charge is 0.191 e. The summed E-state index contributed by atoms with van der Waals surface area (Å²) < 4.78 is 11.0. The second-order valence-corrected chi connectivity index (χ2v) is 6.68. The maximum absolute atomic E-state index is 5.55. The van der Waals surface area contributed by atoms with Crippen LogP contribution in [0.2, 0.25) is 0 Å². The minimum atomic E-state index is 0.0329. The molecule has 0 saturated carbocycles. The molecule has 1 rings (SSSR count). The van der Waals surface area contributed by atoms with E-state index in [1.807, 2.05) is 6.07 Å². The van der Waals surface area contributed by atoms with Crippen molar-refractivity contribution < 1.29 is 9.47 Å². The molecule has 0 fully saturated rings. The van der Waals surface area contributed by atoms with Crippen LogP contribution in [-0.4, -0.2) is 52.5 Å². The van der Waals surface area contributed by atoms with Crippen molar-refractivity contribution in [3.8, 4) is 0 Å². The van der Waals surface area contributed by atoms with Crippen molar-refractivity contribution in [1.29, 1.82) is 0 Å². The molecule has 0 spiro atoms. The Morgan fingerprint density at radius 3 is 2.32 bits per heavy atom. The number of hydrogen-bond donors (Lipinski definition) is 2. The standard InChI is InChI=1S/C20H35N3O2/c1-5-6-13-24-15-16-25-14-12-22-19(21-4)23-17-20(2,3)18-10-8-7-9-11-18/h7-11H,5-6,12-17H2,1-4H3,(H2,21,22,23). The molecule has 25 heavy (non-hydrogen) atoms. The maximum Gasteiger partial charge on any atom is 0.191 e. The summed E-state index contributed by atoms with van der Waals surface area (Å²) in [4.78, 5) is 4.27. The molecule has 142 valence electrons. The van der Waals surface area contributed by atoms with Crippen LogP contribution < -0.4 is 10.6 Å². The van der Waals surface area contributed by atoms with E-state index in [4.69, 9.17) is 9.47 Å². The van der Waals surface area contributed by atoms with Crippen LogP contribution in [0.5, 0.6) is 0 Å². The van der Waals surface area contributed by atoms with E-state index >= 15 is 0 Å². The van der Waals surface area contributed by atoms with Crippen LogP contribution in [-0.2, 0) is 14.9 Å². The van der Waals surface area contributed by atoms with Crippen molar-refractivity contribution in [1.82, 2.24) is 10.6 Å². The van der Waals surface area contributed by atoms with E-state index in [0.29, 0.717) is 19.8 Å². The number of rotatable bonds is 12. The zero-order chi connectivity index (χ0) is 18.4. The lowest BCUT2D eigenvalue weighted by atomic mass is 9.85. The van der Waals surface area contributed by atoms with Gasteiger partial charge in [-0.15, -0.1) is 0 Å². The second-order valence-electron chi connectivity index (χ2n) is 6.68. The lowest BCUT2D eigenvalue weighted by Crippen LogP contribution is -2.44. The molecule has 5 nitrogen and oxygen atoms in total. The van der Waals surface area contributed by atoms with E-state index in [-0.39, 0.29) is 5.41 Å². The molecule has 2 N–H and O–H groups in total. The third-order valence-corrected chi connectivity index (χ3v) is 4.03. The van der Waals surface area contributed by atoms with Gasteiger partial charge < -0.3 is 20.1 Å². The number of unbranched alkanes of at least 4 members (excludes halogenated alkanes) is 1. The first-order valence-corrected chi connectivity index (χ1v) is 9.25. The fourth-order valence-electron chi connectivity index (χ4n) is 2.33. The number of ether oxygens (including phenoxy) is 2. The quantitative estimate of drug-likeness (QED) is 0.346. The van der Waals surface area contributed by atoms with Gasteiger partial charge in [0.25, 0.3) is 0 Å². The highest BCUT2D eigenvalue weighted by molar-refractivity contribution is 5.79. The van der Waals surface area contributed by atoms with Crippen LogP contribution >= 0.6 is 0 Å². The monoisotopic (exact) mass is 349 g/mol. The van der Waals surface area contributed by atoms with Crippen LogP contribution in [0.15, 0.2) is 35.3 Å². The largest absolute Gasteiger partial charge is 0.379 e. The van der Waals surface area contributed by atoms with Gasteiger partial charge in [0.15, 0.2) is 5.96 Å². The molecule has 0 bridgehead atoms. The van der Waals surface area contributed by atoms with E-state index < -0.39 is 0 Å². The van der Waals surface area contributed by atoms with Gasteiger partial charge in [-0.3, -0.25) is 4.99 Å². The Kier molecular flexibility index (Phi) is 10.9. The molecule has 0 unspecified atom stereocenters. The number of nitrogens with one attached hydrogen (secondary N) is 2. The van der Waals surface area contributed by atoms with Crippen molar-refractivity contribution in [3.63, 3.8) is 0 Å². The van der Waals surface area contributed by atoms with Gasteiger partial charge in [-0.25, -0.2) is 0 Å². The zero-order valence-electron chi connectivity index (χ0n) is 16.3. The highest BCUT2D eigenvalue weighted by atomic mass is 16.5. The van der Waals surface area contributed by atoms with Gasteiger partial charge in [-0.1, -0.05) is 57.5 Å². The third kappa shape index (κ3) is 9.46. The lowest BCUT2D eigenvalue weighted by molar-refractivity contribution is 0.0487. The summed E-state index contributed by atoms with van der Waals surface area (Å²) in [5.74, 6) is 0.798. The summed E-state index contributed by atoms with van der Waals surface area (Å²) in [6.45, 7) is 10.9. The summed E-state index contributed by atoms with van der Waals surface area (Å²) in [6.07, 6.45) is 2.28. The molecule has 0 aliphatic rings. The van der Waals surface area contributed by atoms with Crippen LogP contribution in [0, 0.1) is 0 Å². The lowest BCUT2D eigenvalue weighted by Gasteiger charge is -2.26. The van der Waals surface area contributed by atoms with E-state index in [0.717, 1.165) is 38.5 Å². The summed E-state index contributed by atoms with van der Waals surface area (Å²) in [5, 5.41) is 6.67. The van der Waals surface area contributed by atoms with E-state index in [2.05, 4.69) is 60.7 Å². The Hall–Kier alpha value is -1.59. The van der Waals surface area contributed by atoms with Gasteiger partial charge in [-0.2, -0.15) is 0 Å². The van der Waals surface area contributed by atoms with Crippen LogP contribution in [0.1, 0.15) is 39.2 Å². The van der Waals surface area contributed by atoms with Crippen molar-refractivity contribution in [2.45, 2.75) is 39.0 Å². The first-order valence-electron chi connectivity index (χ1n) is 9.25. The molecule has 0 amide bonds. The van der Waals surface area contributed by atoms with Crippen LogP contribution in [0.4, 0.5) is 0 Å². The first-order chi connectivity index (χ1) is 12.1. The van der Waals surface area contributed by atoms with E-state index in [1.54, 1.807) is 7.05 Å². The Bertz CT molecular complexity index is 475. The zero-order valence-corrected chi connectivity index (χ0v) is 16.3. The second kappa shape index (κ2) is 12.7. The third-order valence-electron chi connectivity index (χ3n) is 4.03. The molecular formula is C20H35N3O2. The maximum atomic E-state index is 5.55. The predicted molar refractivity (Wildman–Crippen MR) is 105 cm³/mol. The van der Waals surface area contributed by atoms with Gasteiger partial charge >= 0.3 is 0 Å². The molecule has 5 heteroatoms. The van der Waals surface area contributed by atoms with Gasteiger partial charge in [0, 0.05) is 32.2 Å². The molecule has 0 aliphatic heterocycles. The van der Waals surface area contributed by atoms with Gasteiger partial charge in [0.1, 0.15) is 0 Å². The van der Waals surface area contributed by atoms with E-state index in [9.17, 15) is 0 Å². The van der Waals surface area contributed by atoms with Gasteiger partial charge in [-0.05, 0) is 12.0 Å². The average Bonchev–Trinajstić information content (AvgIpc) is 2.63. The Morgan fingerprint density at radius 1 is 1.00 bits per heavy atom. The van der Waals surface area contributed by atoms with Crippen molar-refractivity contribution in [3.05, 3.63) is 35.9 Å². The predicted octanol–water partition coefficient (Wildman–Crippen LogP) is 2.96. The SMILES string of the molecule is CCCCOCCOCCNC(=NC)NCC(C)(C)c1ccccc1. The molecule has 0 radical (unpaired) electrons. The highest BCUT2D eigenvalue weighted by Gasteiger charge is 2.20. The molecular weight excluding hydrogens is 314 g/mol. The molecule has 0 aliphatic carbocycles. The molecule has 0 aromatic heterocycles. The number of benzene rings is 1. The summed E-state index contributed by atoms with van der Waals surface area (Å²) in [7, 11) is 1.78. The molecule has 0 atom stereocenters. The Balaban J connectivity index is 2.16. The molecule has 1 aromatic rings. The summed E-state index contributed by atoms with van der Waals surface area (Å²) in [5.41, 5.74) is 1.34. The van der Waals surface area contributed by atoms with Gasteiger partial charge in [0.2, 0.25) is 0 Å². The number of nitrogens with zero attached hydrogens (tertiary/aromatic N) is 1. The summed E-state index contributed by atoms with van der Waals surface area (Å²) >= 11 is 0. The first kappa shape index (κ1) is 21.5. The fourth-order valence-corrected chi connectivity index (χ4v) is 2.33. The molecule has 0 heterocycles. The van der Waals surface area contributed by atoms with Crippen LogP contribution in [0.25, 0.3) is 0 Å². The normalized spacial score (nSPS) is 12.2. The van der Waals surface area contributed by atoms with Crippen molar-refractivity contribution in [2.75, 3.05) is 46.6 Å². The van der Waals surface area contributed by atoms with Gasteiger partial charge in [0.05, 0.1) is 19.8 Å². The number of hydrogen-bond acceptors (Lipinski definition) is 3. The molecule has 0 saturated heterocycles.